The molecule has 0 saturated heterocycles. The summed E-state index contributed by atoms with van der Waals surface area (Å²) in [6.07, 6.45) is 1.28. The van der Waals surface area contributed by atoms with Crippen LogP contribution in [0.3, 0.4) is 0 Å². The van der Waals surface area contributed by atoms with E-state index >= 15 is 0 Å². The second kappa shape index (κ2) is 14.2. The monoisotopic (exact) mass is 616 g/mol. The van der Waals surface area contributed by atoms with Gasteiger partial charge in [-0.15, -0.1) is 5.10 Å². The van der Waals surface area contributed by atoms with Crippen LogP contribution in [0.5, 0.6) is 0 Å². The molecule has 0 bridgehead atoms. The predicted octanol–water partition coefficient (Wildman–Crippen LogP) is 4.29. The average Bonchev–Trinajstić information content (AvgIpc) is 3.39. The Morgan fingerprint density at radius 1 is 0.911 bits per heavy atom. The fourth-order valence-corrected chi connectivity index (χ4v) is 5.14. The molecule has 1 aliphatic rings. The zero-order chi connectivity index (χ0) is 32.8. The van der Waals surface area contributed by atoms with Gasteiger partial charge in [0.05, 0.1) is 23.5 Å². The van der Waals surface area contributed by atoms with Gasteiger partial charge >= 0.3 is 0 Å². The first-order chi connectivity index (χ1) is 21.3. The lowest BCUT2D eigenvalue weighted by Gasteiger charge is -2.29. The zero-order valence-electron chi connectivity index (χ0n) is 27.1. The molecule has 0 atom stereocenters. The normalized spacial score (nSPS) is 12.7. The highest BCUT2D eigenvalue weighted by Crippen LogP contribution is 2.41. The van der Waals surface area contributed by atoms with Crippen molar-refractivity contribution in [2.45, 2.75) is 79.0 Å². The summed E-state index contributed by atoms with van der Waals surface area (Å²) in [6, 6.07) is 15.2. The van der Waals surface area contributed by atoms with E-state index in [0.717, 1.165) is 16.7 Å². The number of Topliss-reactive ketones (excluding diaryl/α,β-unsaturated/α-hetero) is 1. The number of rotatable bonds is 13. The molecule has 3 amide bonds. The Balaban J connectivity index is 1.43. The minimum Gasteiger partial charge on any atom is -0.375 e. The molecule has 1 aromatic heterocycles. The van der Waals surface area contributed by atoms with Gasteiger partial charge in [0.25, 0.3) is 0 Å². The van der Waals surface area contributed by atoms with Crippen molar-refractivity contribution >= 4 is 29.2 Å². The number of nitrogens with zero attached hydrogens (tertiary/aromatic N) is 4. The van der Waals surface area contributed by atoms with Crippen molar-refractivity contribution in [1.82, 2.24) is 25.6 Å². The summed E-state index contributed by atoms with van der Waals surface area (Å²) in [5.41, 5.74) is 3.48. The van der Waals surface area contributed by atoms with Crippen LogP contribution >= 0.6 is 0 Å². The number of amides is 3. The molecule has 2 heterocycles. The average molecular weight is 617 g/mol. The summed E-state index contributed by atoms with van der Waals surface area (Å²) in [7, 11) is 1.58. The van der Waals surface area contributed by atoms with Gasteiger partial charge in [-0.25, -0.2) is 4.68 Å². The molecule has 0 unspecified atom stereocenters. The van der Waals surface area contributed by atoms with Gasteiger partial charge < -0.3 is 20.3 Å². The van der Waals surface area contributed by atoms with Crippen LogP contribution in [-0.4, -0.2) is 64.3 Å². The maximum absolute atomic E-state index is 13.7. The van der Waals surface area contributed by atoms with E-state index in [0.29, 0.717) is 43.1 Å². The van der Waals surface area contributed by atoms with Crippen molar-refractivity contribution in [2.75, 3.05) is 25.1 Å². The molecule has 0 spiro atoms. The Hall–Kier alpha value is -4.38. The number of aromatic nitrogens is 3. The van der Waals surface area contributed by atoms with E-state index in [1.165, 1.54) is 0 Å². The number of ketones is 1. The Bertz CT molecular complexity index is 1560. The summed E-state index contributed by atoms with van der Waals surface area (Å²) >= 11 is 0. The molecular formula is C34H44N6O5. The summed E-state index contributed by atoms with van der Waals surface area (Å²) in [6.45, 7) is 10.5. The topological polar surface area (TPSA) is 136 Å². The second-order valence-corrected chi connectivity index (χ2v) is 12.7. The van der Waals surface area contributed by atoms with Crippen LogP contribution in [0, 0.1) is 5.41 Å². The highest BCUT2D eigenvalue weighted by molar-refractivity contribution is 6.01. The first-order valence-corrected chi connectivity index (χ1v) is 15.4. The van der Waals surface area contributed by atoms with Gasteiger partial charge in [0.15, 0.2) is 0 Å². The minimum absolute atomic E-state index is 0.00838. The Morgan fingerprint density at radius 3 is 2.31 bits per heavy atom. The molecule has 0 aliphatic carbocycles. The van der Waals surface area contributed by atoms with Crippen molar-refractivity contribution in [3.63, 3.8) is 0 Å². The Morgan fingerprint density at radius 2 is 1.60 bits per heavy atom. The number of ether oxygens (including phenoxy) is 1. The standard InChI is InChI=1S/C34H44N6O5/c1-23(41)33(2,3)18-20-45-34(4,5)17-19-36-28(42)15-16-30(44)39-21-24-11-7-8-12-25(24)32-31(26-13-9-10-14-27(26)39)37-38-40(32)22-29(43)35-6/h7-14H,15-22H2,1-6H3,(H,35,43)(H,36,42). The number of carbonyl (C=O) groups is 4. The first kappa shape index (κ1) is 33.5. The van der Waals surface area contributed by atoms with Crippen molar-refractivity contribution in [1.29, 1.82) is 0 Å². The first-order valence-electron chi connectivity index (χ1n) is 15.4. The van der Waals surface area contributed by atoms with E-state index in [1.807, 2.05) is 76.2 Å². The lowest BCUT2D eigenvalue weighted by molar-refractivity contribution is -0.127. The van der Waals surface area contributed by atoms with E-state index < -0.39 is 11.0 Å². The van der Waals surface area contributed by atoms with Crippen molar-refractivity contribution in [3.05, 3.63) is 54.1 Å². The van der Waals surface area contributed by atoms with Crippen LogP contribution in [0.1, 0.15) is 65.9 Å². The molecule has 0 saturated carbocycles. The van der Waals surface area contributed by atoms with Crippen LogP contribution in [-0.2, 0) is 37.0 Å². The number of fused-ring (bicyclic) bond motifs is 5. The van der Waals surface area contributed by atoms with Gasteiger partial charge in [-0.1, -0.05) is 61.5 Å². The van der Waals surface area contributed by atoms with Crippen LogP contribution in [0.4, 0.5) is 5.69 Å². The fourth-order valence-electron chi connectivity index (χ4n) is 5.14. The molecule has 0 radical (unpaired) electrons. The quantitative estimate of drug-likeness (QED) is 0.292. The number of anilines is 1. The number of likely N-dealkylation sites (N-methyl/N-ethyl adjacent to an activating group) is 1. The third-order valence-corrected chi connectivity index (χ3v) is 8.45. The largest absolute Gasteiger partial charge is 0.375 e. The Kier molecular flexibility index (Phi) is 10.5. The lowest BCUT2D eigenvalue weighted by atomic mass is 9.86. The second-order valence-electron chi connectivity index (χ2n) is 12.7. The van der Waals surface area contributed by atoms with Crippen LogP contribution in [0.25, 0.3) is 22.5 Å². The fraction of sp³-hybridized carbons (Fsp3) is 0.471. The van der Waals surface area contributed by atoms with E-state index in [9.17, 15) is 19.2 Å². The highest BCUT2D eigenvalue weighted by atomic mass is 16.5. The molecule has 11 nitrogen and oxygen atoms in total. The van der Waals surface area contributed by atoms with Gasteiger partial charge in [-0.05, 0) is 45.2 Å². The van der Waals surface area contributed by atoms with E-state index in [-0.39, 0.29) is 49.4 Å². The van der Waals surface area contributed by atoms with Crippen LogP contribution in [0.2, 0.25) is 0 Å². The van der Waals surface area contributed by atoms with Crippen molar-refractivity contribution in [2.24, 2.45) is 5.41 Å². The van der Waals surface area contributed by atoms with E-state index in [1.54, 1.807) is 23.6 Å². The Labute approximate surface area is 264 Å². The number of hydrogen-bond donors (Lipinski definition) is 2. The van der Waals surface area contributed by atoms with Crippen molar-refractivity contribution in [3.8, 4) is 22.5 Å². The summed E-state index contributed by atoms with van der Waals surface area (Å²) in [5, 5.41) is 14.3. The molecule has 3 aromatic rings. The smallest absolute Gasteiger partial charge is 0.241 e. The predicted molar refractivity (Wildman–Crippen MR) is 172 cm³/mol. The highest BCUT2D eigenvalue weighted by Gasteiger charge is 2.30. The van der Waals surface area contributed by atoms with Crippen molar-refractivity contribution < 1.29 is 23.9 Å². The minimum atomic E-state index is -0.474. The molecule has 4 rings (SSSR count). The number of para-hydroxylation sites is 1. The maximum atomic E-state index is 13.7. The van der Waals surface area contributed by atoms with Gasteiger partial charge in [0.1, 0.15) is 18.0 Å². The van der Waals surface area contributed by atoms with Crippen LogP contribution in [0.15, 0.2) is 48.5 Å². The molecular weight excluding hydrogens is 572 g/mol. The SMILES string of the molecule is CNC(=O)Cn1nnc2c1-c1ccccc1CN(C(=O)CCC(=O)NCCC(C)(C)OCCC(C)(C)C(C)=O)c1ccccc1-2. The van der Waals surface area contributed by atoms with Gasteiger partial charge in [0, 0.05) is 49.6 Å². The molecule has 240 valence electrons. The third-order valence-electron chi connectivity index (χ3n) is 8.45. The summed E-state index contributed by atoms with van der Waals surface area (Å²) in [4.78, 5) is 52.2. The molecule has 1 aliphatic heterocycles. The molecule has 45 heavy (non-hydrogen) atoms. The molecule has 2 aromatic carbocycles. The van der Waals surface area contributed by atoms with Gasteiger partial charge in [-0.2, -0.15) is 0 Å². The number of carbonyl (C=O) groups excluding carboxylic acids is 4. The third kappa shape index (κ3) is 8.21. The molecule has 2 N–H and O–H groups in total. The van der Waals surface area contributed by atoms with E-state index in [2.05, 4.69) is 20.9 Å². The number of benzene rings is 2. The maximum Gasteiger partial charge on any atom is 0.241 e. The van der Waals surface area contributed by atoms with E-state index in [4.69, 9.17) is 4.74 Å². The molecule has 0 fully saturated rings. The zero-order valence-corrected chi connectivity index (χ0v) is 27.1. The number of nitrogens with one attached hydrogen (secondary N) is 2. The lowest BCUT2D eigenvalue weighted by Crippen LogP contribution is -2.35. The number of hydrogen-bond acceptors (Lipinski definition) is 7. The summed E-state index contributed by atoms with van der Waals surface area (Å²) < 4.78 is 7.60. The summed E-state index contributed by atoms with van der Waals surface area (Å²) in [5.74, 6) is -0.470. The van der Waals surface area contributed by atoms with Gasteiger partial charge in [0.2, 0.25) is 17.7 Å². The molecule has 11 heteroatoms. The van der Waals surface area contributed by atoms with Crippen LogP contribution < -0.4 is 15.5 Å². The van der Waals surface area contributed by atoms with Gasteiger partial charge in [-0.3, -0.25) is 19.2 Å².